The van der Waals surface area contributed by atoms with E-state index in [-0.39, 0.29) is 23.7 Å². The summed E-state index contributed by atoms with van der Waals surface area (Å²) in [6, 6.07) is 5.46. The summed E-state index contributed by atoms with van der Waals surface area (Å²) in [4.78, 5) is 23.8. The van der Waals surface area contributed by atoms with E-state index in [1.165, 1.54) is 0 Å². The van der Waals surface area contributed by atoms with E-state index in [1.54, 1.807) is 19.2 Å². The molecule has 114 valence electrons. The first kappa shape index (κ1) is 15.8. The molecule has 0 spiro atoms. The molecule has 1 saturated heterocycles. The molecule has 0 radical (unpaired) electrons. The van der Waals surface area contributed by atoms with E-state index in [9.17, 15) is 9.59 Å². The van der Waals surface area contributed by atoms with E-state index in [4.69, 9.17) is 16.3 Å². The molecule has 1 aromatic carbocycles. The Bertz CT molecular complexity index is 556. The van der Waals surface area contributed by atoms with Crippen LogP contribution in [0.1, 0.15) is 38.2 Å². The molecule has 2 rings (SSSR count). The zero-order chi connectivity index (χ0) is 15.6. The molecule has 2 atom stereocenters. The van der Waals surface area contributed by atoms with Gasteiger partial charge < -0.3 is 4.74 Å². The van der Waals surface area contributed by atoms with Crippen LogP contribution in [0.25, 0.3) is 0 Å². The molecule has 0 saturated carbocycles. The van der Waals surface area contributed by atoms with Crippen LogP contribution in [0.4, 0.5) is 0 Å². The van der Waals surface area contributed by atoms with Crippen molar-refractivity contribution in [3.8, 4) is 5.75 Å². The molecule has 4 nitrogen and oxygen atoms in total. The molecule has 1 N–H and O–H groups in total. The van der Waals surface area contributed by atoms with Crippen LogP contribution in [0.2, 0.25) is 5.02 Å². The van der Waals surface area contributed by atoms with E-state index in [0.29, 0.717) is 23.1 Å². The first-order valence-electron chi connectivity index (χ1n) is 7.09. The van der Waals surface area contributed by atoms with E-state index in [0.717, 1.165) is 12.0 Å². The quantitative estimate of drug-likeness (QED) is 0.869. The van der Waals surface area contributed by atoms with Crippen molar-refractivity contribution in [2.45, 2.75) is 32.6 Å². The van der Waals surface area contributed by atoms with Gasteiger partial charge >= 0.3 is 0 Å². The van der Waals surface area contributed by atoms with Gasteiger partial charge in [-0.15, -0.1) is 0 Å². The lowest BCUT2D eigenvalue weighted by molar-refractivity contribution is -0.137. The summed E-state index contributed by atoms with van der Waals surface area (Å²) in [7, 11) is 1.56. The lowest BCUT2D eigenvalue weighted by atomic mass is 9.76. The molecule has 0 aliphatic carbocycles. The first-order valence-corrected chi connectivity index (χ1v) is 7.47. The van der Waals surface area contributed by atoms with Crippen LogP contribution in [0.15, 0.2) is 18.2 Å². The maximum atomic E-state index is 12.1. The van der Waals surface area contributed by atoms with Crippen molar-refractivity contribution in [3.63, 3.8) is 0 Å². The first-order chi connectivity index (χ1) is 9.92. The van der Waals surface area contributed by atoms with Crippen molar-refractivity contribution in [1.82, 2.24) is 5.32 Å². The van der Waals surface area contributed by atoms with Gasteiger partial charge in [-0.3, -0.25) is 14.9 Å². The maximum Gasteiger partial charge on any atom is 0.230 e. The van der Waals surface area contributed by atoms with Crippen LogP contribution in [0, 0.1) is 11.8 Å². The van der Waals surface area contributed by atoms with Gasteiger partial charge in [-0.2, -0.15) is 0 Å². The molecule has 1 fully saturated rings. The Balaban J connectivity index is 2.34. The molecular weight excluding hydrogens is 290 g/mol. The number of rotatable bonds is 4. The summed E-state index contributed by atoms with van der Waals surface area (Å²) in [5.74, 6) is 0.232. The van der Waals surface area contributed by atoms with Crippen molar-refractivity contribution in [2.75, 3.05) is 7.11 Å². The number of nitrogens with one attached hydrogen (secondary N) is 1. The van der Waals surface area contributed by atoms with Crippen molar-refractivity contribution in [3.05, 3.63) is 28.8 Å². The van der Waals surface area contributed by atoms with Crippen molar-refractivity contribution < 1.29 is 14.3 Å². The van der Waals surface area contributed by atoms with Gasteiger partial charge in [0.25, 0.3) is 0 Å². The number of carbonyl (C=O) groups is 2. The van der Waals surface area contributed by atoms with Crippen molar-refractivity contribution in [2.24, 2.45) is 11.8 Å². The Kier molecular flexibility index (Phi) is 4.88. The molecule has 2 unspecified atom stereocenters. The number of imide groups is 1. The zero-order valence-corrected chi connectivity index (χ0v) is 13.2. The third-order valence-corrected chi connectivity index (χ3v) is 4.12. The number of piperidine rings is 1. The summed E-state index contributed by atoms with van der Waals surface area (Å²) < 4.78 is 5.14. The minimum atomic E-state index is -0.225. The molecule has 1 aliphatic heterocycles. The molecule has 0 aromatic heterocycles. The monoisotopic (exact) mass is 309 g/mol. The smallest absolute Gasteiger partial charge is 0.230 e. The molecule has 0 bridgehead atoms. The second-order valence-electron chi connectivity index (χ2n) is 5.85. The van der Waals surface area contributed by atoms with Crippen LogP contribution >= 0.6 is 11.6 Å². The molecule has 21 heavy (non-hydrogen) atoms. The summed E-state index contributed by atoms with van der Waals surface area (Å²) in [5.41, 5.74) is 0.912. The standard InChI is InChI=1S/C16H20ClNO3/c1-9(2)6-12-11(8-15(19)18-16(12)20)10-4-5-14(21-3)13(17)7-10/h4-5,7,9,11-12H,6,8H2,1-3H3,(H,18,19,20). The molecule has 2 amide bonds. The third kappa shape index (κ3) is 3.56. The number of methoxy groups -OCH3 is 1. The number of benzene rings is 1. The Morgan fingerprint density at radius 1 is 1.38 bits per heavy atom. The number of hydrogen-bond donors (Lipinski definition) is 1. The van der Waals surface area contributed by atoms with Crippen LogP contribution in [0.3, 0.4) is 0 Å². The van der Waals surface area contributed by atoms with Crippen LogP contribution in [-0.4, -0.2) is 18.9 Å². The van der Waals surface area contributed by atoms with Gasteiger partial charge in [-0.1, -0.05) is 31.5 Å². The van der Waals surface area contributed by atoms with E-state index in [1.807, 2.05) is 6.07 Å². The second-order valence-corrected chi connectivity index (χ2v) is 6.26. The normalized spacial score (nSPS) is 22.3. The van der Waals surface area contributed by atoms with Crippen LogP contribution < -0.4 is 10.1 Å². The molecule has 1 aromatic rings. The number of carbonyl (C=O) groups excluding carboxylic acids is 2. The molecule has 1 heterocycles. The average molecular weight is 310 g/mol. The third-order valence-electron chi connectivity index (χ3n) is 3.82. The summed E-state index contributed by atoms with van der Waals surface area (Å²) in [5, 5.41) is 2.93. The largest absolute Gasteiger partial charge is 0.495 e. The van der Waals surface area contributed by atoms with E-state index < -0.39 is 0 Å². The fraction of sp³-hybridized carbons (Fsp3) is 0.500. The minimum absolute atomic E-state index is 0.128. The number of amides is 2. The highest BCUT2D eigenvalue weighted by Gasteiger charge is 2.37. The van der Waals surface area contributed by atoms with Crippen molar-refractivity contribution >= 4 is 23.4 Å². The van der Waals surface area contributed by atoms with E-state index in [2.05, 4.69) is 19.2 Å². The fourth-order valence-corrected chi connectivity index (χ4v) is 3.11. The Morgan fingerprint density at radius 3 is 2.67 bits per heavy atom. The summed E-state index contributed by atoms with van der Waals surface area (Å²) >= 11 is 6.16. The van der Waals surface area contributed by atoms with Gasteiger partial charge in [0, 0.05) is 18.3 Å². The summed E-state index contributed by atoms with van der Waals surface area (Å²) in [6.07, 6.45) is 1.05. The van der Waals surface area contributed by atoms with Gasteiger partial charge in [0.05, 0.1) is 12.1 Å². The number of ether oxygens (including phenoxy) is 1. The maximum absolute atomic E-state index is 12.1. The Hall–Kier alpha value is -1.55. The second kappa shape index (κ2) is 6.48. The fourth-order valence-electron chi connectivity index (χ4n) is 2.85. The highest BCUT2D eigenvalue weighted by molar-refractivity contribution is 6.32. The summed E-state index contributed by atoms with van der Waals surface area (Å²) in [6.45, 7) is 4.14. The zero-order valence-electron chi connectivity index (χ0n) is 12.5. The molecule has 1 aliphatic rings. The van der Waals surface area contributed by atoms with Gasteiger partial charge in [0.2, 0.25) is 11.8 Å². The van der Waals surface area contributed by atoms with Crippen LogP contribution in [0.5, 0.6) is 5.75 Å². The SMILES string of the molecule is COc1ccc(C2CC(=O)NC(=O)C2CC(C)C)cc1Cl. The van der Waals surface area contributed by atoms with Gasteiger partial charge in [-0.25, -0.2) is 0 Å². The van der Waals surface area contributed by atoms with Crippen molar-refractivity contribution in [1.29, 1.82) is 0 Å². The predicted molar refractivity (Wildman–Crippen MR) is 81.5 cm³/mol. The Morgan fingerprint density at radius 2 is 2.10 bits per heavy atom. The Labute approximate surface area is 129 Å². The highest BCUT2D eigenvalue weighted by Crippen LogP contribution is 2.38. The van der Waals surface area contributed by atoms with Gasteiger partial charge in [0.15, 0.2) is 0 Å². The highest BCUT2D eigenvalue weighted by atomic mass is 35.5. The lowest BCUT2D eigenvalue weighted by Gasteiger charge is -2.31. The lowest BCUT2D eigenvalue weighted by Crippen LogP contribution is -2.45. The van der Waals surface area contributed by atoms with Gasteiger partial charge in [-0.05, 0) is 30.0 Å². The molecule has 5 heteroatoms. The number of hydrogen-bond acceptors (Lipinski definition) is 3. The average Bonchev–Trinajstić information content (AvgIpc) is 2.41. The molecular formula is C16H20ClNO3. The van der Waals surface area contributed by atoms with E-state index >= 15 is 0 Å². The predicted octanol–water partition coefficient (Wildman–Crippen LogP) is 3.14. The van der Waals surface area contributed by atoms with Crippen LogP contribution in [-0.2, 0) is 9.59 Å². The topological polar surface area (TPSA) is 55.4 Å². The van der Waals surface area contributed by atoms with Gasteiger partial charge in [0.1, 0.15) is 5.75 Å². The number of halogens is 1. The minimum Gasteiger partial charge on any atom is -0.495 e.